The molecule has 2 aromatic rings. The third-order valence-corrected chi connectivity index (χ3v) is 3.68. The summed E-state index contributed by atoms with van der Waals surface area (Å²) in [5, 5.41) is 1.02. The summed E-state index contributed by atoms with van der Waals surface area (Å²) >= 11 is 0. The van der Waals surface area contributed by atoms with Gasteiger partial charge in [0.2, 0.25) is 0 Å². The first-order chi connectivity index (χ1) is 9.13. The monoisotopic (exact) mass is 255 g/mol. The number of aromatic nitrogens is 1. The molecule has 1 fully saturated rings. The predicted molar refractivity (Wildman–Crippen MR) is 74.3 cm³/mol. The first-order valence-electron chi connectivity index (χ1n) is 6.67. The Kier molecular flexibility index (Phi) is 3.07. The number of carbonyl (C=O) groups excluding carboxylic acids is 1. The Hall–Kier alpha value is -1.74. The topological polar surface area (TPSA) is 39.2 Å². The molecular weight excluding hydrogens is 238 g/mol. The fraction of sp³-hybridized carbons (Fsp3) is 0.375. The highest BCUT2D eigenvalue weighted by Gasteiger charge is 2.28. The molecule has 1 aliphatic rings. The van der Waals surface area contributed by atoms with E-state index in [9.17, 15) is 4.79 Å². The number of nitrogens with zero attached hydrogens (tertiary/aromatic N) is 1. The Bertz CT molecular complexity index is 636. The largest absolute Gasteiger partial charge is 0.378 e. The van der Waals surface area contributed by atoms with Crippen LogP contribution in [-0.2, 0) is 4.74 Å². The second-order valence-corrected chi connectivity index (χ2v) is 5.30. The summed E-state index contributed by atoms with van der Waals surface area (Å²) in [6.07, 6.45) is 1.02. The van der Waals surface area contributed by atoms with Crippen LogP contribution in [0.4, 0.5) is 0 Å². The van der Waals surface area contributed by atoms with Gasteiger partial charge < -0.3 is 4.74 Å². The fourth-order valence-electron chi connectivity index (χ4n) is 2.62. The number of ketones is 1. The van der Waals surface area contributed by atoms with E-state index >= 15 is 0 Å². The fourth-order valence-corrected chi connectivity index (χ4v) is 2.62. The lowest BCUT2D eigenvalue weighted by atomic mass is 9.94. The Morgan fingerprint density at radius 1 is 1.32 bits per heavy atom. The lowest BCUT2D eigenvalue weighted by molar-refractivity contribution is 0.0878. The summed E-state index contributed by atoms with van der Waals surface area (Å²) in [7, 11) is 0. The van der Waals surface area contributed by atoms with Crippen molar-refractivity contribution in [1.29, 1.82) is 0 Å². The van der Waals surface area contributed by atoms with E-state index in [4.69, 9.17) is 4.74 Å². The van der Waals surface area contributed by atoms with Gasteiger partial charge in [0.15, 0.2) is 5.78 Å². The molecule has 0 saturated carbocycles. The van der Waals surface area contributed by atoms with Crippen molar-refractivity contribution in [3.05, 3.63) is 41.6 Å². The molecule has 3 nitrogen and oxygen atoms in total. The highest BCUT2D eigenvalue weighted by molar-refractivity contribution is 6.01. The molecule has 1 aromatic carbocycles. The summed E-state index contributed by atoms with van der Waals surface area (Å²) in [5.74, 6) is 0.192. The molecule has 0 amide bonds. The molecule has 2 atom stereocenters. The molecule has 0 bridgehead atoms. The molecule has 0 N–H and O–H groups in total. The molecule has 1 saturated heterocycles. The summed E-state index contributed by atoms with van der Waals surface area (Å²) in [4.78, 5) is 16.9. The SMILES string of the molecule is Cc1ccc2cc(C(=O)C3COC(C)C3)ccc2n1. The zero-order valence-electron chi connectivity index (χ0n) is 11.2. The van der Waals surface area contributed by atoms with Gasteiger partial charge in [-0.05, 0) is 44.5 Å². The van der Waals surface area contributed by atoms with Gasteiger partial charge in [0.05, 0.1) is 18.2 Å². The number of Topliss-reactive ketones (excluding diaryl/α,β-unsaturated/α-hetero) is 1. The summed E-state index contributed by atoms with van der Waals surface area (Å²) in [6, 6.07) is 9.72. The van der Waals surface area contributed by atoms with E-state index < -0.39 is 0 Å². The summed E-state index contributed by atoms with van der Waals surface area (Å²) in [5.41, 5.74) is 2.69. The number of carbonyl (C=O) groups is 1. The van der Waals surface area contributed by atoms with Crippen LogP contribution in [0.15, 0.2) is 30.3 Å². The van der Waals surface area contributed by atoms with Crippen LogP contribution in [0.3, 0.4) is 0 Å². The summed E-state index contributed by atoms with van der Waals surface area (Å²) < 4.78 is 5.48. The van der Waals surface area contributed by atoms with Gasteiger partial charge in [-0.25, -0.2) is 0 Å². The van der Waals surface area contributed by atoms with Crippen LogP contribution in [0, 0.1) is 12.8 Å². The van der Waals surface area contributed by atoms with Gasteiger partial charge in [-0.15, -0.1) is 0 Å². The van der Waals surface area contributed by atoms with Crippen LogP contribution in [0.2, 0.25) is 0 Å². The normalized spacial score (nSPS) is 22.8. The van der Waals surface area contributed by atoms with E-state index in [-0.39, 0.29) is 17.8 Å². The Morgan fingerprint density at radius 3 is 2.89 bits per heavy atom. The maximum atomic E-state index is 12.4. The number of fused-ring (bicyclic) bond motifs is 1. The highest BCUT2D eigenvalue weighted by Crippen LogP contribution is 2.24. The number of pyridine rings is 1. The van der Waals surface area contributed by atoms with Crippen LogP contribution >= 0.6 is 0 Å². The van der Waals surface area contributed by atoms with Crippen molar-refractivity contribution in [2.75, 3.05) is 6.61 Å². The van der Waals surface area contributed by atoms with Gasteiger partial charge >= 0.3 is 0 Å². The van der Waals surface area contributed by atoms with E-state index in [1.165, 1.54) is 0 Å². The number of rotatable bonds is 2. The van der Waals surface area contributed by atoms with Crippen molar-refractivity contribution in [2.45, 2.75) is 26.4 Å². The second-order valence-electron chi connectivity index (χ2n) is 5.30. The van der Waals surface area contributed by atoms with Crippen LogP contribution in [0.25, 0.3) is 10.9 Å². The molecule has 0 aliphatic carbocycles. The van der Waals surface area contributed by atoms with Crippen LogP contribution in [-0.4, -0.2) is 23.5 Å². The minimum Gasteiger partial charge on any atom is -0.378 e. The summed E-state index contributed by atoms with van der Waals surface area (Å²) in [6.45, 7) is 4.53. The van der Waals surface area contributed by atoms with Crippen molar-refractivity contribution in [2.24, 2.45) is 5.92 Å². The van der Waals surface area contributed by atoms with Gasteiger partial charge in [-0.1, -0.05) is 6.07 Å². The standard InChI is InChI=1S/C16H17NO2/c1-10-3-4-12-8-13(5-6-15(12)17-10)16(18)14-7-11(2)19-9-14/h3-6,8,11,14H,7,9H2,1-2H3. The van der Waals surface area contributed by atoms with Crippen LogP contribution in [0.5, 0.6) is 0 Å². The van der Waals surface area contributed by atoms with Crippen molar-refractivity contribution in [1.82, 2.24) is 4.98 Å². The average molecular weight is 255 g/mol. The first-order valence-corrected chi connectivity index (χ1v) is 6.67. The van der Waals surface area contributed by atoms with Crippen molar-refractivity contribution >= 4 is 16.7 Å². The number of benzene rings is 1. The van der Waals surface area contributed by atoms with Crippen LogP contribution < -0.4 is 0 Å². The van der Waals surface area contributed by atoms with Gasteiger partial charge in [-0.2, -0.15) is 0 Å². The third-order valence-electron chi connectivity index (χ3n) is 3.68. The molecule has 1 aromatic heterocycles. The minimum absolute atomic E-state index is 0.00542. The van der Waals surface area contributed by atoms with Crippen molar-refractivity contribution < 1.29 is 9.53 Å². The van der Waals surface area contributed by atoms with Gasteiger partial charge in [-0.3, -0.25) is 9.78 Å². The maximum Gasteiger partial charge on any atom is 0.168 e. The third kappa shape index (κ3) is 2.38. The lowest BCUT2D eigenvalue weighted by Crippen LogP contribution is -2.14. The van der Waals surface area contributed by atoms with E-state index in [0.29, 0.717) is 6.61 Å². The van der Waals surface area contributed by atoms with Gasteiger partial charge in [0, 0.05) is 22.6 Å². The maximum absolute atomic E-state index is 12.4. The molecule has 3 rings (SSSR count). The molecule has 2 heterocycles. The molecule has 1 aliphatic heterocycles. The van der Waals surface area contributed by atoms with E-state index in [2.05, 4.69) is 4.98 Å². The average Bonchev–Trinajstić information content (AvgIpc) is 2.84. The Labute approximate surface area is 112 Å². The zero-order chi connectivity index (χ0) is 13.4. The molecule has 98 valence electrons. The smallest absolute Gasteiger partial charge is 0.168 e. The predicted octanol–water partition coefficient (Wildman–Crippen LogP) is 3.15. The number of aryl methyl sites for hydroxylation is 1. The van der Waals surface area contributed by atoms with Gasteiger partial charge in [0.1, 0.15) is 0 Å². The quantitative estimate of drug-likeness (QED) is 0.774. The molecule has 0 spiro atoms. The first kappa shape index (κ1) is 12.3. The molecular formula is C16H17NO2. The van der Waals surface area contributed by atoms with E-state index in [0.717, 1.165) is 28.6 Å². The second kappa shape index (κ2) is 4.74. The number of ether oxygens (including phenoxy) is 1. The molecule has 19 heavy (non-hydrogen) atoms. The minimum atomic E-state index is 0.00542. The number of hydrogen-bond acceptors (Lipinski definition) is 3. The highest BCUT2D eigenvalue weighted by atomic mass is 16.5. The van der Waals surface area contributed by atoms with E-state index in [1.54, 1.807) is 0 Å². The molecule has 3 heteroatoms. The molecule has 0 radical (unpaired) electrons. The van der Waals surface area contributed by atoms with Crippen molar-refractivity contribution in [3.8, 4) is 0 Å². The van der Waals surface area contributed by atoms with Crippen LogP contribution in [0.1, 0.15) is 29.4 Å². The lowest BCUT2D eigenvalue weighted by Gasteiger charge is -2.08. The van der Waals surface area contributed by atoms with E-state index in [1.807, 2.05) is 44.2 Å². The number of hydrogen-bond donors (Lipinski definition) is 0. The zero-order valence-corrected chi connectivity index (χ0v) is 11.2. The Morgan fingerprint density at radius 2 is 2.16 bits per heavy atom. The van der Waals surface area contributed by atoms with Gasteiger partial charge in [0.25, 0.3) is 0 Å². The molecule has 2 unspecified atom stereocenters. The van der Waals surface area contributed by atoms with Crippen molar-refractivity contribution in [3.63, 3.8) is 0 Å². The Balaban J connectivity index is 1.92.